The third-order valence-corrected chi connectivity index (χ3v) is 6.30. The number of carbonyl (C=O) groups excluding carboxylic acids is 1. The molecule has 2 atom stereocenters. The standard InChI is InChI=1S/C26H22Cl2F3NO4/c1-14(26(29,30)31)24(15-3-7-18(27)8-4-15)25(35)32-22-11-16(6-10-21(22)28)20-13-19(36-2)9-5-17(20)12-23(33)34/h3-11,13-14,24H,12H2,1-2H3,(H,32,35)(H,33,34)/t14-,24+/m1/s1. The smallest absolute Gasteiger partial charge is 0.392 e. The van der Waals surface area contributed by atoms with Crippen LogP contribution in [0.5, 0.6) is 5.75 Å². The Bertz CT molecular complexity index is 1260. The van der Waals surface area contributed by atoms with Crippen LogP contribution in [0.2, 0.25) is 10.0 Å². The average molecular weight is 540 g/mol. The molecule has 0 bridgehead atoms. The largest absolute Gasteiger partial charge is 0.497 e. The lowest BCUT2D eigenvalue weighted by atomic mass is 9.85. The predicted molar refractivity (Wildman–Crippen MR) is 133 cm³/mol. The molecule has 10 heteroatoms. The second-order valence-corrected chi connectivity index (χ2v) is 8.98. The molecule has 190 valence electrons. The second kappa shape index (κ2) is 11.2. The van der Waals surface area contributed by atoms with Gasteiger partial charge < -0.3 is 15.2 Å². The Kier molecular flexibility index (Phi) is 8.53. The number of rotatable bonds is 8. The number of carbonyl (C=O) groups is 2. The lowest BCUT2D eigenvalue weighted by molar-refractivity contribution is -0.178. The summed E-state index contributed by atoms with van der Waals surface area (Å²) < 4.78 is 46.2. The highest BCUT2D eigenvalue weighted by molar-refractivity contribution is 6.34. The van der Waals surface area contributed by atoms with Crippen LogP contribution in [0, 0.1) is 5.92 Å². The van der Waals surface area contributed by atoms with E-state index < -0.39 is 29.9 Å². The quantitative estimate of drug-likeness (QED) is 0.317. The summed E-state index contributed by atoms with van der Waals surface area (Å²) in [6, 6.07) is 15.0. The zero-order valence-electron chi connectivity index (χ0n) is 19.2. The highest BCUT2D eigenvalue weighted by Crippen LogP contribution is 2.39. The molecule has 3 rings (SSSR count). The summed E-state index contributed by atoms with van der Waals surface area (Å²) in [6.07, 6.45) is -4.91. The minimum Gasteiger partial charge on any atom is -0.497 e. The highest BCUT2D eigenvalue weighted by atomic mass is 35.5. The van der Waals surface area contributed by atoms with E-state index in [1.165, 1.54) is 43.5 Å². The fourth-order valence-corrected chi connectivity index (χ4v) is 4.08. The van der Waals surface area contributed by atoms with Crippen LogP contribution in [-0.4, -0.2) is 30.3 Å². The van der Waals surface area contributed by atoms with Crippen molar-refractivity contribution >= 4 is 40.8 Å². The zero-order valence-corrected chi connectivity index (χ0v) is 20.7. The van der Waals surface area contributed by atoms with Crippen LogP contribution in [0.1, 0.15) is 24.0 Å². The molecule has 0 heterocycles. The second-order valence-electron chi connectivity index (χ2n) is 8.14. The number of hydrogen-bond acceptors (Lipinski definition) is 3. The number of carboxylic acids is 1. The van der Waals surface area contributed by atoms with Crippen molar-refractivity contribution in [3.05, 3.63) is 81.8 Å². The van der Waals surface area contributed by atoms with E-state index in [1.54, 1.807) is 24.3 Å². The first-order valence-electron chi connectivity index (χ1n) is 10.7. The molecule has 0 radical (unpaired) electrons. The van der Waals surface area contributed by atoms with Crippen molar-refractivity contribution in [3.63, 3.8) is 0 Å². The third-order valence-electron chi connectivity index (χ3n) is 5.72. The van der Waals surface area contributed by atoms with Gasteiger partial charge in [-0.2, -0.15) is 13.2 Å². The van der Waals surface area contributed by atoms with Gasteiger partial charge in [0.05, 0.1) is 36.1 Å². The Morgan fingerprint density at radius 2 is 1.69 bits per heavy atom. The maximum atomic E-state index is 13.7. The van der Waals surface area contributed by atoms with Crippen molar-refractivity contribution in [1.82, 2.24) is 0 Å². The predicted octanol–water partition coefficient (Wildman–Crippen LogP) is 7.22. The topological polar surface area (TPSA) is 75.6 Å². The highest BCUT2D eigenvalue weighted by Gasteiger charge is 2.45. The summed E-state index contributed by atoms with van der Waals surface area (Å²) >= 11 is 12.1. The van der Waals surface area contributed by atoms with E-state index in [1.807, 2.05) is 0 Å². The minimum absolute atomic E-state index is 0.0802. The Balaban J connectivity index is 2.02. The summed E-state index contributed by atoms with van der Waals surface area (Å²) in [7, 11) is 1.46. The number of amides is 1. The maximum Gasteiger partial charge on any atom is 0.392 e. The molecule has 1 amide bonds. The number of anilines is 1. The molecule has 0 aliphatic heterocycles. The fourth-order valence-electron chi connectivity index (χ4n) is 3.79. The van der Waals surface area contributed by atoms with Crippen LogP contribution in [0.4, 0.5) is 18.9 Å². The normalized spacial score (nSPS) is 13.1. The van der Waals surface area contributed by atoms with Gasteiger partial charge in [-0.1, -0.05) is 54.4 Å². The van der Waals surface area contributed by atoms with Crippen molar-refractivity contribution in [2.24, 2.45) is 5.92 Å². The Labute approximate surface area is 215 Å². The molecule has 0 aromatic heterocycles. The molecule has 0 saturated heterocycles. The summed E-state index contributed by atoms with van der Waals surface area (Å²) in [5.74, 6) is -5.04. The molecule has 0 saturated carbocycles. The van der Waals surface area contributed by atoms with Crippen LogP contribution >= 0.6 is 23.2 Å². The Hall–Kier alpha value is -3.23. The fraction of sp³-hybridized carbons (Fsp3) is 0.231. The molecule has 0 fully saturated rings. The van der Waals surface area contributed by atoms with Crippen molar-refractivity contribution in [2.75, 3.05) is 12.4 Å². The molecule has 0 aliphatic carbocycles. The van der Waals surface area contributed by atoms with Gasteiger partial charge in [0.15, 0.2) is 0 Å². The number of aliphatic carboxylic acids is 1. The average Bonchev–Trinajstić information content (AvgIpc) is 2.81. The Morgan fingerprint density at radius 3 is 2.28 bits per heavy atom. The van der Waals surface area contributed by atoms with Crippen LogP contribution < -0.4 is 10.1 Å². The van der Waals surface area contributed by atoms with Gasteiger partial charge in [-0.05, 0) is 58.7 Å². The van der Waals surface area contributed by atoms with Gasteiger partial charge in [0.1, 0.15) is 5.75 Å². The summed E-state index contributed by atoms with van der Waals surface area (Å²) in [4.78, 5) is 24.5. The SMILES string of the molecule is COc1ccc(CC(=O)O)c(-c2ccc(Cl)c(NC(=O)[C@H](c3ccc(Cl)cc3)[C@@H](C)C(F)(F)F)c2)c1. The van der Waals surface area contributed by atoms with E-state index in [4.69, 9.17) is 27.9 Å². The number of ether oxygens (including phenoxy) is 1. The van der Waals surface area contributed by atoms with Crippen LogP contribution in [0.25, 0.3) is 11.1 Å². The molecule has 3 aromatic carbocycles. The third kappa shape index (κ3) is 6.50. The Morgan fingerprint density at radius 1 is 1.03 bits per heavy atom. The number of benzene rings is 3. The van der Waals surface area contributed by atoms with E-state index in [9.17, 15) is 27.9 Å². The van der Waals surface area contributed by atoms with Gasteiger partial charge in [-0.15, -0.1) is 0 Å². The number of carboxylic acid groups (broad SMARTS) is 1. The molecule has 0 aliphatic rings. The first-order chi connectivity index (χ1) is 16.9. The van der Waals surface area contributed by atoms with E-state index in [-0.39, 0.29) is 22.7 Å². The molecule has 2 N–H and O–H groups in total. The molecule has 36 heavy (non-hydrogen) atoms. The first kappa shape index (κ1) is 27.4. The molecular formula is C26H22Cl2F3NO4. The number of halogens is 5. The van der Waals surface area contributed by atoms with Gasteiger partial charge in [-0.25, -0.2) is 0 Å². The molecular weight excluding hydrogens is 518 g/mol. The van der Waals surface area contributed by atoms with Crippen LogP contribution in [0.3, 0.4) is 0 Å². The lowest BCUT2D eigenvalue weighted by Gasteiger charge is -2.26. The van der Waals surface area contributed by atoms with Gasteiger partial charge in [0.25, 0.3) is 0 Å². The minimum atomic E-state index is -4.64. The molecule has 0 unspecified atom stereocenters. The number of methoxy groups -OCH3 is 1. The number of hydrogen-bond donors (Lipinski definition) is 2. The number of nitrogens with one attached hydrogen (secondary N) is 1. The van der Waals surface area contributed by atoms with Gasteiger partial charge >= 0.3 is 12.1 Å². The van der Waals surface area contributed by atoms with E-state index >= 15 is 0 Å². The monoisotopic (exact) mass is 539 g/mol. The number of alkyl halides is 3. The molecule has 3 aromatic rings. The van der Waals surface area contributed by atoms with Crippen molar-refractivity contribution < 1.29 is 32.6 Å². The molecule has 5 nitrogen and oxygen atoms in total. The van der Waals surface area contributed by atoms with Crippen LogP contribution in [0.15, 0.2) is 60.7 Å². The summed E-state index contributed by atoms with van der Waals surface area (Å²) in [5, 5.41) is 12.2. The van der Waals surface area contributed by atoms with Crippen LogP contribution in [-0.2, 0) is 16.0 Å². The van der Waals surface area contributed by atoms with Gasteiger partial charge in [0.2, 0.25) is 5.91 Å². The molecule has 0 spiro atoms. The van der Waals surface area contributed by atoms with E-state index in [0.29, 0.717) is 27.5 Å². The first-order valence-corrected chi connectivity index (χ1v) is 11.5. The van der Waals surface area contributed by atoms with Crippen molar-refractivity contribution in [1.29, 1.82) is 0 Å². The lowest BCUT2D eigenvalue weighted by Crippen LogP contribution is -2.34. The summed E-state index contributed by atoms with van der Waals surface area (Å²) in [5.41, 5.74) is 1.72. The van der Waals surface area contributed by atoms with E-state index in [0.717, 1.165) is 6.92 Å². The van der Waals surface area contributed by atoms with Crippen molar-refractivity contribution in [2.45, 2.75) is 25.4 Å². The van der Waals surface area contributed by atoms with E-state index in [2.05, 4.69) is 5.32 Å². The van der Waals surface area contributed by atoms with Gasteiger partial charge in [-0.3, -0.25) is 9.59 Å². The van der Waals surface area contributed by atoms with Crippen molar-refractivity contribution in [3.8, 4) is 16.9 Å². The maximum absolute atomic E-state index is 13.7. The summed E-state index contributed by atoms with van der Waals surface area (Å²) in [6.45, 7) is 0.936. The van der Waals surface area contributed by atoms with Gasteiger partial charge in [0, 0.05) is 5.02 Å². The zero-order chi connectivity index (χ0) is 26.6.